The van der Waals surface area contributed by atoms with Crippen LogP contribution in [0.25, 0.3) is 0 Å². The quantitative estimate of drug-likeness (QED) is 0.794. The molecule has 4 nitrogen and oxygen atoms in total. The van der Waals surface area contributed by atoms with Crippen molar-refractivity contribution in [2.75, 3.05) is 25.0 Å². The third kappa shape index (κ3) is 1.86. The van der Waals surface area contributed by atoms with Crippen LogP contribution in [0.3, 0.4) is 0 Å². The second kappa shape index (κ2) is 4.57. The summed E-state index contributed by atoms with van der Waals surface area (Å²) in [5.41, 5.74) is 2.99. The van der Waals surface area contributed by atoms with Gasteiger partial charge in [0.15, 0.2) is 6.29 Å². The highest BCUT2D eigenvalue weighted by atomic mass is 16.1. The highest BCUT2D eigenvalue weighted by molar-refractivity contribution is 5.66. The van der Waals surface area contributed by atoms with Crippen LogP contribution in [0.5, 0.6) is 0 Å². The summed E-state index contributed by atoms with van der Waals surface area (Å²) in [5.74, 6) is 0. The third-order valence-electron chi connectivity index (χ3n) is 5.25. The fraction of sp³-hybridized carbons (Fsp3) is 0.562. The fourth-order valence-electron chi connectivity index (χ4n) is 3.97. The molecule has 4 heteroatoms. The van der Waals surface area contributed by atoms with Crippen molar-refractivity contribution >= 4 is 12.0 Å². The number of aldehydes is 1. The summed E-state index contributed by atoms with van der Waals surface area (Å²) in [4.78, 5) is 13.9. The maximum absolute atomic E-state index is 11.5. The van der Waals surface area contributed by atoms with Gasteiger partial charge in [-0.25, -0.2) is 0 Å². The molecule has 0 aromatic heterocycles. The highest BCUT2D eigenvalue weighted by Crippen LogP contribution is 2.47. The van der Waals surface area contributed by atoms with Gasteiger partial charge in [0.1, 0.15) is 6.17 Å². The second-order valence-electron chi connectivity index (χ2n) is 6.54. The predicted molar refractivity (Wildman–Crippen MR) is 78.7 cm³/mol. The van der Waals surface area contributed by atoms with Crippen LogP contribution in [0.15, 0.2) is 24.3 Å². The van der Waals surface area contributed by atoms with Gasteiger partial charge in [-0.15, -0.1) is 0 Å². The molecule has 1 aromatic rings. The van der Waals surface area contributed by atoms with Gasteiger partial charge in [-0.2, -0.15) is 0 Å². The third-order valence-corrected chi connectivity index (χ3v) is 5.25. The molecule has 20 heavy (non-hydrogen) atoms. The highest BCUT2D eigenvalue weighted by Gasteiger charge is 2.51. The summed E-state index contributed by atoms with van der Waals surface area (Å²) in [6, 6.07) is 8.90. The van der Waals surface area contributed by atoms with Gasteiger partial charge in [0.25, 0.3) is 0 Å². The zero-order valence-electron chi connectivity index (χ0n) is 11.6. The first-order chi connectivity index (χ1) is 9.80. The van der Waals surface area contributed by atoms with Crippen LogP contribution < -0.4 is 10.6 Å². The van der Waals surface area contributed by atoms with Crippen molar-refractivity contribution in [1.82, 2.24) is 10.2 Å². The van der Waals surface area contributed by atoms with E-state index in [-0.39, 0.29) is 6.17 Å². The molecule has 1 aliphatic carbocycles. The first-order valence-electron chi connectivity index (χ1n) is 7.56. The Hall–Kier alpha value is -1.39. The predicted octanol–water partition coefficient (Wildman–Crippen LogP) is 1.23. The molecule has 0 radical (unpaired) electrons. The van der Waals surface area contributed by atoms with Crippen molar-refractivity contribution in [2.24, 2.45) is 5.41 Å². The van der Waals surface area contributed by atoms with E-state index in [9.17, 15) is 4.79 Å². The minimum Gasteiger partial charge on any atom is -0.363 e. The summed E-state index contributed by atoms with van der Waals surface area (Å²) < 4.78 is 0. The molecule has 1 aromatic carbocycles. The zero-order chi connectivity index (χ0) is 13.6. The number of para-hydroxylation sites is 1. The van der Waals surface area contributed by atoms with E-state index in [0.29, 0.717) is 11.5 Å². The number of rotatable bonds is 2. The largest absolute Gasteiger partial charge is 0.363 e. The van der Waals surface area contributed by atoms with Gasteiger partial charge in [-0.3, -0.25) is 9.69 Å². The van der Waals surface area contributed by atoms with E-state index in [1.807, 2.05) is 6.07 Å². The van der Waals surface area contributed by atoms with E-state index in [0.717, 1.165) is 38.0 Å². The van der Waals surface area contributed by atoms with Gasteiger partial charge in [0, 0.05) is 31.4 Å². The van der Waals surface area contributed by atoms with E-state index < -0.39 is 0 Å². The number of nitrogens with one attached hydrogen (secondary N) is 2. The van der Waals surface area contributed by atoms with E-state index in [2.05, 4.69) is 33.7 Å². The van der Waals surface area contributed by atoms with Gasteiger partial charge >= 0.3 is 0 Å². The molecule has 1 saturated heterocycles. The average molecular weight is 271 g/mol. The van der Waals surface area contributed by atoms with E-state index in [4.69, 9.17) is 0 Å². The average Bonchev–Trinajstić information content (AvgIpc) is 2.55. The Morgan fingerprint density at radius 1 is 1.25 bits per heavy atom. The van der Waals surface area contributed by atoms with Crippen LogP contribution in [-0.2, 0) is 11.2 Å². The number of carbonyl (C=O) groups excluding carboxylic acids is 1. The topological polar surface area (TPSA) is 44.4 Å². The normalized spacial score (nSPS) is 28.7. The molecule has 1 saturated carbocycles. The van der Waals surface area contributed by atoms with Crippen molar-refractivity contribution < 1.29 is 4.79 Å². The first-order valence-corrected chi connectivity index (χ1v) is 7.56. The molecule has 0 bridgehead atoms. The smallest absolute Gasteiger partial charge is 0.157 e. The summed E-state index contributed by atoms with van der Waals surface area (Å²) in [6.07, 6.45) is 4.39. The van der Waals surface area contributed by atoms with Crippen LogP contribution in [0.2, 0.25) is 0 Å². The lowest BCUT2D eigenvalue weighted by atomic mass is 9.61. The first kappa shape index (κ1) is 12.4. The molecule has 2 aliphatic heterocycles. The van der Waals surface area contributed by atoms with E-state index in [1.165, 1.54) is 18.4 Å². The number of carbonyl (C=O) groups is 1. The molecule has 1 spiro atoms. The molecular formula is C16H21N3O. The standard InChI is InChI=1S/C16H21N3O/c20-9-15-18-14-4-2-1-3-12(14)5-6-19(15)13-7-16(8-13)10-17-11-16/h1-4,9,13,15,17-18H,5-8,10-11H2. The molecule has 2 N–H and O–H groups in total. The molecule has 106 valence electrons. The molecule has 1 atom stereocenters. The Bertz CT molecular complexity index is 518. The summed E-state index contributed by atoms with van der Waals surface area (Å²) >= 11 is 0. The molecule has 2 heterocycles. The Kier molecular flexibility index (Phi) is 2.82. The van der Waals surface area contributed by atoms with Crippen molar-refractivity contribution in [1.29, 1.82) is 0 Å². The summed E-state index contributed by atoms with van der Waals surface area (Å²) in [5, 5.41) is 6.79. The lowest BCUT2D eigenvalue weighted by molar-refractivity contribution is -0.116. The minimum atomic E-state index is -0.172. The number of fused-ring (bicyclic) bond motifs is 1. The van der Waals surface area contributed by atoms with Gasteiger partial charge in [-0.1, -0.05) is 18.2 Å². The summed E-state index contributed by atoms with van der Waals surface area (Å²) in [7, 11) is 0. The van der Waals surface area contributed by atoms with Crippen LogP contribution in [-0.4, -0.2) is 43.0 Å². The van der Waals surface area contributed by atoms with Crippen molar-refractivity contribution in [3.05, 3.63) is 29.8 Å². The number of anilines is 1. The number of hydrogen-bond donors (Lipinski definition) is 2. The Morgan fingerprint density at radius 3 is 2.75 bits per heavy atom. The van der Waals surface area contributed by atoms with Crippen LogP contribution in [0.4, 0.5) is 5.69 Å². The zero-order valence-corrected chi connectivity index (χ0v) is 11.6. The minimum absolute atomic E-state index is 0.172. The van der Waals surface area contributed by atoms with Gasteiger partial charge < -0.3 is 10.6 Å². The van der Waals surface area contributed by atoms with Crippen LogP contribution in [0.1, 0.15) is 18.4 Å². The van der Waals surface area contributed by atoms with Crippen LogP contribution >= 0.6 is 0 Å². The van der Waals surface area contributed by atoms with Gasteiger partial charge in [-0.05, 0) is 36.3 Å². The lowest BCUT2D eigenvalue weighted by Gasteiger charge is -2.57. The molecule has 2 fully saturated rings. The number of benzene rings is 1. The SMILES string of the molecule is O=CC1Nc2ccccc2CCN1C1CC2(CNC2)C1. The Morgan fingerprint density at radius 2 is 2.05 bits per heavy atom. The number of nitrogens with zero attached hydrogens (tertiary/aromatic N) is 1. The molecule has 4 rings (SSSR count). The van der Waals surface area contributed by atoms with E-state index in [1.54, 1.807) is 0 Å². The Labute approximate surface area is 119 Å². The lowest BCUT2D eigenvalue weighted by Crippen LogP contribution is -2.66. The van der Waals surface area contributed by atoms with Crippen LogP contribution in [0, 0.1) is 5.41 Å². The fourth-order valence-corrected chi connectivity index (χ4v) is 3.97. The molecule has 1 unspecified atom stereocenters. The van der Waals surface area contributed by atoms with Gasteiger partial charge in [0.2, 0.25) is 0 Å². The number of hydrogen-bond acceptors (Lipinski definition) is 4. The second-order valence-corrected chi connectivity index (χ2v) is 6.54. The maximum Gasteiger partial charge on any atom is 0.157 e. The van der Waals surface area contributed by atoms with E-state index >= 15 is 0 Å². The molecule has 3 aliphatic rings. The maximum atomic E-state index is 11.5. The van der Waals surface area contributed by atoms with Gasteiger partial charge in [0.05, 0.1) is 0 Å². The van der Waals surface area contributed by atoms with Crippen molar-refractivity contribution in [3.8, 4) is 0 Å². The van der Waals surface area contributed by atoms with Crippen molar-refractivity contribution in [3.63, 3.8) is 0 Å². The molecular weight excluding hydrogens is 250 g/mol. The summed E-state index contributed by atoms with van der Waals surface area (Å²) in [6.45, 7) is 3.30. The molecule has 0 amide bonds. The monoisotopic (exact) mass is 271 g/mol. The Balaban J connectivity index is 1.51. The van der Waals surface area contributed by atoms with Crippen molar-refractivity contribution in [2.45, 2.75) is 31.5 Å².